The lowest BCUT2D eigenvalue weighted by atomic mass is 10.0. The molecule has 1 aromatic rings. The molecule has 0 fully saturated rings. The maximum absolute atomic E-state index is 12.8. The second-order valence-electron chi connectivity index (χ2n) is 5.34. The summed E-state index contributed by atoms with van der Waals surface area (Å²) in [6.07, 6.45) is 1.08. The van der Waals surface area contributed by atoms with E-state index in [1.54, 1.807) is 19.1 Å². The number of carbonyl (C=O) groups excluding carboxylic acids is 2. The molecule has 7 heteroatoms. The molecule has 6 nitrogen and oxygen atoms in total. The predicted octanol–water partition coefficient (Wildman–Crippen LogP) is 1.79. The lowest BCUT2D eigenvalue weighted by Gasteiger charge is -2.30. The van der Waals surface area contributed by atoms with Crippen molar-refractivity contribution >= 4 is 21.8 Å². The standard InChI is InChI=1S/C16H19NO5S/c1-4-22-16(19)13-9-15(18)12(3)17(10-13)23(20,21)14-7-5-11(2)6-8-14/h5-8,10,12H,4,9H2,1-3H3/t12-/m0/s1. The number of hydrogen-bond donors (Lipinski definition) is 0. The Morgan fingerprint density at radius 2 is 1.91 bits per heavy atom. The van der Waals surface area contributed by atoms with Gasteiger partial charge in [0.2, 0.25) is 0 Å². The third kappa shape index (κ3) is 3.44. The molecule has 0 spiro atoms. The minimum Gasteiger partial charge on any atom is -0.463 e. The van der Waals surface area contributed by atoms with E-state index in [1.165, 1.54) is 25.3 Å². The van der Waals surface area contributed by atoms with Gasteiger partial charge in [-0.05, 0) is 32.9 Å². The summed E-state index contributed by atoms with van der Waals surface area (Å²) in [6, 6.07) is 5.46. The summed E-state index contributed by atoms with van der Waals surface area (Å²) in [4.78, 5) is 24.0. The number of esters is 1. The van der Waals surface area contributed by atoms with E-state index in [2.05, 4.69) is 0 Å². The molecule has 0 bridgehead atoms. The molecule has 1 aliphatic heterocycles. The highest BCUT2D eigenvalue weighted by Crippen LogP contribution is 2.26. The Balaban J connectivity index is 2.45. The maximum Gasteiger partial charge on any atom is 0.335 e. The van der Waals surface area contributed by atoms with E-state index >= 15 is 0 Å². The average Bonchev–Trinajstić information content (AvgIpc) is 2.50. The van der Waals surface area contributed by atoms with Crippen LogP contribution in [0.15, 0.2) is 40.9 Å². The largest absolute Gasteiger partial charge is 0.463 e. The van der Waals surface area contributed by atoms with Gasteiger partial charge in [0.1, 0.15) is 6.04 Å². The number of sulfonamides is 1. The smallest absolute Gasteiger partial charge is 0.335 e. The van der Waals surface area contributed by atoms with Gasteiger partial charge in [-0.15, -0.1) is 0 Å². The van der Waals surface area contributed by atoms with Gasteiger partial charge in [0.15, 0.2) is 5.78 Å². The van der Waals surface area contributed by atoms with Gasteiger partial charge in [0.05, 0.1) is 17.1 Å². The van der Waals surface area contributed by atoms with Crippen LogP contribution in [0, 0.1) is 6.92 Å². The van der Waals surface area contributed by atoms with Gasteiger partial charge in [-0.2, -0.15) is 0 Å². The number of carbonyl (C=O) groups is 2. The summed E-state index contributed by atoms with van der Waals surface area (Å²) in [5, 5.41) is 0. The summed E-state index contributed by atoms with van der Waals surface area (Å²) in [7, 11) is -3.91. The van der Waals surface area contributed by atoms with Crippen LogP contribution >= 0.6 is 0 Å². The molecule has 0 saturated heterocycles. The highest BCUT2D eigenvalue weighted by molar-refractivity contribution is 7.89. The van der Waals surface area contributed by atoms with Crippen molar-refractivity contribution in [2.75, 3.05) is 6.61 Å². The molecule has 1 aromatic carbocycles. The first kappa shape index (κ1) is 17.2. The van der Waals surface area contributed by atoms with Crippen LogP contribution in [0.5, 0.6) is 0 Å². The molecule has 0 amide bonds. The highest BCUT2D eigenvalue weighted by Gasteiger charge is 2.36. The summed E-state index contributed by atoms with van der Waals surface area (Å²) in [5.41, 5.74) is 0.972. The quantitative estimate of drug-likeness (QED) is 0.783. The van der Waals surface area contributed by atoms with Crippen molar-refractivity contribution in [3.8, 4) is 0 Å². The Bertz CT molecular complexity index is 749. The van der Waals surface area contributed by atoms with Crippen molar-refractivity contribution in [2.45, 2.75) is 38.1 Å². The number of nitrogens with zero attached hydrogens (tertiary/aromatic N) is 1. The Hall–Kier alpha value is -2.15. The topological polar surface area (TPSA) is 80.8 Å². The van der Waals surface area contributed by atoms with E-state index in [4.69, 9.17) is 4.74 Å². The monoisotopic (exact) mass is 337 g/mol. The Labute approximate surface area is 135 Å². The van der Waals surface area contributed by atoms with E-state index < -0.39 is 22.0 Å². The van der Waals surface area contributed by atoms with Gasteiger partial charge in [-0.25, -0.2) is 13.2 Å². The fraction of sp³-hybridized carbons (Fsp3) is 0.375. The third-order valence-electron chi connectivity index (χ3n) is 3.63. The first-order valence-corrected chi connectivity index (χ1v) is 8.72. The third-order valence-corrected chi connectivity index (χ3v) is 5.47. The molecule has 0 aliphatic carbocycles. The van der Waals surface area contributed by atoms with Gasteiger partial charge in [-0.3, -0.25) is 9.10 Å². The minimum absolute atomic E-state index is 0.0469. The fourth-order valence-electron chi connectivity index (χ4n) is 2.25. The van der Waals surface area contributed by atoms with Crippen molar-refractivity contribution in [1.82, 2.24) is 4.31 Å². The maximum atomic E-state index is 12.8. The molecular weight excluding hydrogens is 318 g/mol. The van der Waals surface area contributed by atoms with Crippen molar-refractivity contribution in [1.29, 1.82) is 0 Å². The summed E-state index contributed by atoms with van der Waals surface area (Å²) < 4.78 is 31.3. The molecule has 0 saturated carbocycles. The molecule has 0 radical (unpaired) electrons. The van der Waals surface area contributed by atoms with Crippen LogP contribution in [0.4, 0.5) is 0 Å². The van der Waals surface area contributed by atoms with Crippen molar-refractivity contribution < 1.29 is 22.7 Å². The van der Waals surface area contributed by atoms with Gasteiger partial charge < -0.3 is 4.74 Å². The number of aryl methyl sites for hydroxylation is 1. The summed E-state index contributed by atoms with van der Waals surface area (Å²) >= 11 is 0. The normalized spacial score (nSPS) is 18.6. The minimum atomic E-state index is -3.91. The number of ether oxygens (including phenoxy) is 1. The second kappa shape index (κ2) is 6.54. The Kier molecular flexibility index (Phi) is 4.89. The van der Waals surface area contributed by atoms with E-state index in [9.17, 15) is 18.0 Å². The molecule has 23 heavy (non-hydrogen) atoms. The zero-order valence-electron chi connectivity index (χ0n) is 13.3. The van der Waals surface area contributed by atoms with Crippen molar-refractivity contribution in [3.05, 3.63) is 41.6 Å². The van der Waals surface area contributed by atoms with E-state index in [1.807, 2.05) is 6.92 Å². The van der Waals surface area contributed by atoms with Crippen LogP contribution in [0.3, 0.4) is 0 Å². The van der Waals surface area contributed by atoms with E-state index in [0.717, 1.165) is 9.87 Å². The van der Waals surface area contributed by atoms with Crippen LogP contribution in [-0.4, -0.2) is 37.1 Å². The van der Waals surface area contributed by atoms with Crippen LogP contribution in [0.1, 0.15) is 25.8 Å². The zero-order chi connectivity index (χ0) is 17.2. The number of ketones is 1. The van der Waals surface area contributed by atoms with Crippen LogP contribution < -0.4 is 0 Å². The number of hydrogen-bond acceptors (Lipinski definition) is 5. The van der Waals surface area contributed by atoms with Crippen molar-refractivity contribution in [3.63, 3.8) is 0 Å². The van der Waals surface area contributed by atoms with Crippen LogP contribution in [0.2, 0.25) is 0 Å². The first-order valence-electron chi connectivity index (χ1n) is 7.28. The van der Waals surface area contributed by atoms with Crippen LogP contribution in [-0.2, 0) is 24.3 Å². The van der Waals surface area contributed by atoms with Gasteiger partial charge >= 0.3 is 5.97 Å². The van der Waals surface area contributed by atoms with E-state index in [0.29, 0.717) is 0 Å². The molecule has 0 N–H and O–H groups in total. The second-order valence-corrected chi connectivity index (χ2v) is 7.19. The number of rotatable bonds is 4. The number of benzene rings is 1. The molecule has 1 heterocycles. The predicted molar refractivity (Wildman–Crippen MR) is 84.0 cm³/mol. The fourth-order valence-corrected chi connectivity index (χ4v) is 3.77. The van der Waals surface area contributed by atoms with Gasteiger partial charge in [0.25, 0.3) is 10.0 Å². The van der Waals surface area contributed by atoms with E-state index in [-0.39, 0.29) is 29.3 Å². The molecule has 2 rings (SSSR count). The lowest BCUT2D eigenvalue weighted by Crippen LogP contribution is -2.43. The van der Waals surface area contributed by atoms with Crippen molar-refractivity contribution in [2.24, 2.45) is 0 Å². The van der Waals surface area contributed by atoms with Crippen LogP contribution in [0.25, 0.3) is 0 Å². The Morgan fingerprint density at radius 1 is 1.30 bits per heavy atom. The average molecular weight is 337 g/mol. The molecule has 0 aromatic heterocycles. The summed E-state index contributed by atoms with van der Waals surface area (Å²) in [6.45, 7) is 5.16. The molecule has 1 aliphatic rings. The SMILES string of the molecule is CCOC(=O)C1=CN(S(=O)(=O)c2ccc(C)cc2)[C@@H](C)C(=O)C1. The molecule has 0 unspecified atom stereocenters. The molecule has 124 valence electrons. The zero-order valence-corrected chi connectivity index (χ0v) is 14.1. The Morgan fingerprint density at radius 3 is 2.48 bits per heavy atom. The number of Topliss-reactive ketones (excluding diaryl/α,β-unsaturated/α-hetero) is 1. The highest BCUT2D eigenvalue weighted by atomic mass is 32.2. The lowest BCUT2D eigenvalue weighted by molar-refractivity contribution is -0.140. The molecular formula is C16H19NO5S. The first-order chi connectivity index (χ1) is 10.8. The molecule has 1 atom stereocenters. The van der Waals surface area contributed by atoms with Gasteiger partial charge in [0, 0.05) is 12.6 Å². The summed E-state index contributed by atoms with van der Waals surface area (Å²) in [5.74, 6) is -1.01. The van der Waals surface area contributed by atoms with Gasteiger partial charge in [-0.1, -0.05) is 17.7 Å².